The fourth-order valence-corrected chi connectivity index (χ4v) is 4.15. The van der Waals surface area contributed by atoms with Crippen molar-refractivity contribution >= 4 is 18.3 Å². The second-order valence-corrected chi connectivity index (χ2v) is 6.71. The summed E-state index contributed by atoms with van der Waals surface area (Å²) in [5, 5.41) is 16.6. The van der Waals surface area contributed by atoms with Gasteiger partial charge in [-0.3, -0.25) is 4.79 Å². The maximum atomic E-state index is 12.1. The van der Waals surface area contributed by atoms with Gasteiger partial charge in [0.25, 0.3) is 0 Å². The summed E-state index contributed by atoms with van der Waals surface area (Å²) in [5.74, 6) is 0.691. The molecule has 116 valence electrons. The van der Waals surface area contributed by atoms with Crippen LogP contribution < -0.4 is 10.6 Å². The Morgan fingerprint density at radius 2 is 1.75 bits per heavy atom. The average molecular weight is 303 g/mol. The zero-order valence-corrected chi connectivity index (χ0v) is 12.8. The molecule has 0 spiro atoms. The van der Waals surface area contributed by atoms with Crippen LogP contribution in [0.1, 0.15) is 57.8 Å². The smallest absolute Gasteiger partial charge is 0.220 e. The Kier molecular flexibility index (Phi) is 5.70. The standard InChI is InChI=1S/C15H26N2O2.ClH/c18-14-4-2-1-3-13(14)17-15(19)9-10-7-11-5-6-12(8-10)16-11;/h10-14,16,18H,1-9H2,(H,17,19);1H/t10?,11?,12?,13-,14-;/m0./s1. The molecule has 2 heterocycles. The van der Waals surface area contributed by atoms with E-state index < -0.39 is 0 Å². The molecule has 0 aromatic carbocycles. The number of carbonyl (C=O) groups excluding carboxylic acids is 1. The van der Waals surface area contributed by atoms with E-state index in [9.17, 15) is 9.90 Å². The molecule has 4 nitrogen and oxygen atoms in total. The van der Waals surface area contributed by atoms with Gasteiger partial charge in [0.1, 0.15) is 0 Å². The van der Waals surface area contributed by atoms with Gasteiger partial charge in [0.2, 0.25) is 5.91 Å². The van der Waals surface area contributed by atoms with E-state index >= 15 is 0 Å². The first kappa shape index (κ1) is 16.1. The molecule has 1 saturated carbocycles. The second kappa shape index (κ2) is 7.10. The minimum atomic E-state index is -0.332. The van der Waals surface area contributed by atoms with Gasteiger partial charge in [-0.2, -0.15) is 0 Å². The lowest BCUT2D eigenvalue weighted by molar-refractivity contribution is -0.124. The second-order valence-electron chi connectivity index (χ2n) is 6.71. The predicted molar refractivity (Wildman–Crippen MR) is 80.9 cm³/mol. The Morgan fingerprint density at radius 1 is 1.10 bits per heavy atom. The minimum absolute atomic E-state index is 0. The van der Waals surface area contributed by atoms with E-state index in [0.717, 1.165) is 38.5 Å². The Balaban J connectivity index is 0.00000147. The number of rotatable bonds is 3. The van der Waals surface area contributed by atoms with Crippen LogP contribution >= 0.6 is 12.4 Å². The van der Waals surface area contributed by atoms with Gasteiger partial charge >= 0.3 is 0 Å². The van der Waals surface area contributed by atoms with Crippen LogP contribution in [-0.2, 0) is 4.79 Å². The van der Waals surface area contributed by atoms with E-state index in [4.69, 9.17) is 0 Å². The summed E-state index contributed by atoms with van der Waals surface area (Å²) in [4.78, 5) is 12.1. The van der Waals surface area contributed by atoms with Crippen molar-refractivity contribution in [3.8, 4) is 0 Å². The number of hydrogen-bond donors (Lipinski definition) is 3. The molecule has 2 bridgehead atoms. The first-order valence-electron chi connectivity index (χ1n) is 7.94. The summed E-state index contributed by atoms with van der Waals surface area (Å²) < 4.78 is 0. The van der Waals surface area contributed by atoms with Crippen LogP contribution in [0.5, 0.6) is 0 Å². The van der Waals surface area contributed by atoms with E-state index in [0.29, 0.717) is 24.4 Å². The van der Waals surface area contributed by atoms with Gasteiger partial charge in [-0.05, 0) is 44.4 Å². The molecule has 3 aliphatic rings. The SMILES string of the molecule is Cl.O=C(CC1CC2CCC(C1)N2)N[C@H]1CCCC[C@@H]1O. The largest absolute Gasteiger partial charge is 0.391 e. The van der Waals surface area contributed by atoms with Crippen LogP contribution in [0.4, 0.5) is 0 Å². The molecular weight excluding hydrogens is 276 g/mol. The highest BCUT2D eigenvalue weighted by Crippen LogP contribution is 2.32. The highest BCUT2D eigenvalue weighted by atomic mass is 35.5. The lowest BCUT2D eigenvalue weighted by Gasteiger charge is -2.31. The Labute approximate surface area is 127 Å². The van der Waals surface area contributed by atoms with Crippen molar-refractivity contribution in [2.24, 2.45) is 5.92 Å². The van der Waals surface area contributed by atoms with E-state index in [-0.39, 0.29) is 30.5 Å². The van der Waals surface area contributed by atoms with Gasteiger partial charge in [-0.15, -0.1) is 12.4 Å². The molecule has 3 rings (SSSR count). The molecule has 3 fully saturated rings. The number of nitrogens with one attached hydrogen (secondary N) is 2. The number of halogens is 1. The van der Waals surface area contributed by atoms with Gasteiger partial charge in [-0.1, -0.05) is 12.8 Å². The zero-order chi connectivity index (χ0) is 13.2. The van der Waals surface area contributed by atoms with E-state index in [1.54, 1.807) is 0 Å². The molecule has 0 radical (unpaired) electrons. The van der Waals surface area contributed by atoms with Crippen molar-refractivity contribution in [3.63, 3.8) is 0 Å². The first-order valence-corrected chi connectivity index (χ1v) is 7.94. The van der Waals surface area contributed by atoms with E-state index in [1.807, 2.05) is 0 Å². The molecule has 2 aliphatic heterocycles. The number of amides is 1. The van der Waals surface area contributed by atoms with Gasteiger partial charge in [0, 0.05) is 18.5 Å². The summed E-state index contributed by atoms with van der Waals surface area (Å²) >= 11 is 0. The first-order chi connectivity index (χ1) is 9.20. The van der Waals surface area contributed by atoms with Gasteiger partial charge in [0.05, 0.1) is 12.1 Å². The van der Waals surface area contributed by atoms with Crippen LogP contribution in [0, 0.1) is 5.92 Å². The fraction of sp³-hybridized carbons (Fsp3) is 0.933. The third-order valence-electron chi connectivity index (χ3n) is 5.12. The molecule has 2 unspecified atom stereocenters. The quantitative estimate of drug-likeness (QED) is 0.744. The topological polar surface area (TPSA) is 61.4 Å². The Morgan fingerprint density at radius 3 is 2.40 bits per heavy atom. The highest BCUT2D eigenvalue weighted by Gasteiger charge is 2.34. The van der Waals surface area contributed by atoms with Gasteiger partial charge in [0.15, 0.2) is 0 Å². The van der Waals surface area contributed by atoms with Crippen molar-refractivity contribution < 1.29 is 9.90 Å². The number of piperidine rings is 1. The van der Waals surface area contributed by atoms with Crippen molar-refractivity contribution in [2.45, 2.75) is 82.0 Å². The summed E-state index contributed by atoms with van der Waals surface area (Å²) in [6, 6.07) is 1.30. The van der Waals surface area contributed by atoms with E-state index in [1.165, 1.54) is 12.8 Å². The number of carbonyl (C=O) groups is 1. The molecule has 20 heavy (non-hydrogen) atoms. The maximum Gasteiger partial charge on any atom is 0.220 e. The minimum Gasteiger partial charge on any atom is -0.391 e. The third-order valence-corrected chi connectivity index (χ3v) is 5.12. The summed E-state index contributed by atoms with van der Waals surface area (Å²) in [6.45, 7) is 0. The lowest BCUT2D eigenvalue weighted by Crippen LogP contribution is -2.46. The molecule has 2 saturated heterocycles. The number of fused-ring (bicyclic) bond motifs is 2. The number of hydrogen-bond acceptors (Lipinski definition) is 3. The zero-order valence-electron chi connectivity index (χ0n) is 12.0. The summed E-state index contributed by atoms with van der Waals surface area (Å²) in [6.07, 6.45) is 9.17. The third kappa shape index (κ3) is 3.86. The lowest BCUT2D eigenvalue weighted by atomic mass is 9.88. The average Bonchev–Trinajstić information content (AvgIpc) is 2.72. The molecule has 3 N–H and O–H groups in total. The van der Waals surface area contributed by atoms with Crippen LogP contribution in [0.2, 0.25) is 0 Å². The van der Waals surface area contributed by atoms with Crippen LogP contribution in [0.25, 0.3) is 0 Å². The van der Waals surface area contributed by atoms with Crippen LogP contribution in [0.15, 0.2) is 0 Å². The number of aliphatic hydroxyl groups excluding tert-OH is 1. The van der Waals surface area contributed by atoms with Crippen molar-refractivity contribution in [1.82, 2.24) is 10.6 Å². The molecule has 4 atom stereocenters. The predicted octanol–water partition coefficient (Wildman–Crippen LogP) is 1.75. The monoisotopic (exact) mass is 302 g/mol. The van der Waals surface area contributed by atoms with Crippen molar-refractivity contribution in [3.05, 3.63) is 0 Å². The normalized spacial score (nSPS) is 40.0. The molecule has 1 aliphatic carbocycles. The van der Waals surface area contributed by atoms with Crippen LogP contribution in [0.3, 0.4) is 0 Å². The summed E-state index contributed by atoms with van der Waals surface area (Å²) in [5.41, 5.74) is 0. The van der Waals surface area contributed by atoms with Gasteiger partial charge < -0.3 is 15.7 Å². The van der Waals surface area contributed by atoms with Crippen LogP contribution in [-0.4, -0.2) is 35.2 Å². The van der Waals surface area contributed by atoms with E-state index in [2.05, 4.69) is 10.6 Å². The molecular formula is C15H27ClN2O2. The Bertz CT molecular complexity index is 328. The molecule has 0 aromatic rings. The molecule has 1 amide bonds. The van der Waals surface area contributed by atoms with Crippen molar-refractivity contribution in [1.29, 1.82) is 0 Å². The van der Waals surface area contributed by atoms with Crippen molar-refractivity contribution in [2.75, 3.05) is 0 Å². The fourth-order valence-electron chi connectivity index (χ4n) is 4.15. The summed E-state index contributed by atoms with van der Waals surface area (Å²) in [7, 11) is 0. The Hall–Kier alpha value is -0.320. The molecule has 0 aromatic heterocycles. The maximum absolute atomic E-state index is 12.1. The highest BCUT2D eigenvalue weighted by molar-refractivity contribution is 5.85. The number of aliphatic hydroxyl groups is 1. The van der Waals surface area contributed by atoms with Gasteiger partial charge in [-0.25, -0.2) is 0 Å². The molecule has 5 heteroatoms.